The fourth-order valence-corrected chi connectivity index (χ4v) is 3.37. The van der Waals surface area contributed by atoms with E-state index in [0.29, 0.717) is 11.5 Å². The van der Waals surface area contributed by atoms with Gasteiger partial charge in [-0.25, -0.2) is 23.2 Å². The van der Waals surface area contributed by atoms with E-state index in [1.54, 1.807) is 35.3 Å². The molecule has 0 aromatic carbocycles. The monoisotopic (exact) mass is 349 g/mol. The first-order chi connectivity index (χ1) is 10.9. The number of primary sulfonamides is 1. The van der Waals surface area contributed by atoms with Crippen LogP contribution in [0, 0.1) is 0 Å². The van der Waals surface area contributed by atoms with E-state index >= 15 is 0 Å². The third kappa shape index (κ3) is 3.44. The maximum absolute atomic E-state index is 12.1. The number of nitrogens with one attached hydrogen (secondary N) is 1. The number of anilines is 1. The van der Waals surface area contributed by atoms with Crippen molar-refractivity contribution in [2.24, 2.45) is 5.14 Å². The summed E-state index contributed by atoms with van der Waals surface area (Å²) in [5.41, 5.74) is 0.699. The lowest BCUT2D eigenvalue weighted by molar-refractivity contribution is 0.102. The fourth-order valence-electron chi connectivity index (χ4n) is 1.79. The van der Waals surface area contributed by atoms with E-state index in [9.17, 15) is 13.2 Å². The highest BCUT2D eigenvalue weighted by atomic mass is 32.2. The molecule has 10 heteroatoms. The fraction of sp³-hybridized carbons (Fsp3) is 0. The van der Waals surface area contributed by atoms with Gasteiger partial charge < -0.3 is 5.32 Å². The molecule has 3 aromatic rings. The molecule has 0 aliphatic carbocycles. The Hall–Kier alpha value is -2.56. The minimum Gasteiger partial charge on any atom is -0.321 e. The van der Waals surface area contributed by atoms with E-state index in [0.717, 1.165) is 11.3 Å². The molecule has 0 aliphatic rings. The molecule has 0 radical (unpaired) electrons. The minimum atomic E-state index is -3.80. The third-order valence-electron chi connectivity index (χ3n) is 2.86. The van der Waals surface area contributed by atoms with Crippen LogP contribution in [0.15, 0.2) is 52.4 Å². The van der Waals surface area contributed by atoms with Gasteiger partial charge in [-0.3, -0.25) is 4.79 Å². The molecule has 0 atom stereocenters. The van der Waals surface area contributed by atoms with Crippen LogP contribution in [0.5, 0.6) is 0 Å². The lowest BCUT2D eigenvalue weighted by atomic mass is 10.3. The van der Waals surface area contributed by atoms with E-state index in [2.05, 4.69) is 15.4 Å². The van der Waals surface area contributed by atoms with Gasteiger partial charge in [-0.15, -0.1) is 11.3 Å². The number of hydrogen-bond donors (Lipinski definition) is 2. The summed E-state index contributed by atoms with van der Waals surface area (Å²) in [6, 6.07) is 6.39. The van der Waals surface area contributed by atoms with E-state index in [1.165, 1.54) is 17.6 Å². The Kier molecular flexibility index (Phi) is 3.94. The van der Waals surface area contributed by atoms with Crippen LogP contribution in [0.2, 0.25) is 0 Å². The van der Waals surface area contributed by atoms with Crippen LogP contribution in [0.3, 0.4) is 0 Å². The van der Waals surface area contributed by atoms with Crippen LogP contribution in [0.1, 0.15) is 10.4 Å². The van der Waals surface area contributed by atoms with Gasteiger partial charge in [0.25, 0.3) is 5.91 Å². The Bertz CT molecular complexity index is 930. The van der Waals surface area contributed by atoms with Crippen molar-refractivity contribution in [3.8, 4) is 5.82 Å². The van der Waals surface area contributed by atoms with Gasteiger partial charge in [0.05, 0.1) is 17.4 Å². The Morgan fingerprint density at radius 3 is 2.74 bits per heavy atom. The van der Waals surface area contributed by atoms with Gasteiger partial charge in [0.2, 0.25) is 10.0 Å². The summed E-state index contributed by atoms with van der Waals surface area (Å²) in [7, 11) is -3.80. The molecule has 3 aromatic heterocycles. The van der Waals surface area contributed by atoms with Gasteiger partial charge in [-0.1, -0.05) is 0 Å². The second-order valence-corrected chi connectivity index (χ2v) is 7.21. The van der Waals surface area contributed by atoms with E-state index in [1.807, 2.05) is 0 Å². The van der Waals surface area contributed by atoms with E-state index in [4.69, 9.17) is 5.14 Å². The second kappa shape index (κ2) is 5.91. The molecule has 3 N–H and O–H groups in total. The topological polar surface area (TPSA) is 120 Å². The van der Waals surface area contributed by atoms with Crippen molar-refractivity contribution in [1.29, 1.82) is 0 Å². The molecule has 0 unspecified atom stereocenters. The number of aromatic nitrogens is 3. The van der Waals surface area contributed by atoms with Crippen LogP contribution < -0.4 is 10.5 Å². The number of rotatable bonds is 4. The van der Waals surface area contributed by atoms with Crippen molar-refractivity contribution in [2.75, 3.05) is 5.32 Å². The Morgan fingerprint density at radius 1 is 1.35 bits per heavy atom. The van der Waals surface area contributed by atoms with Crippen LogP contribution in [0.4, 0.5) is 5.69 Å². The largest absolute Gasteiger partial charge is 0.321 e. The standard InChI is InChI=1S/C13H11N5O3S2/c14-23(20,21)12-6-9(8-22-12)13(19)17-10-2-3-11(15-7-10)18-5-1-4-16-18/h1-8H,(H,17,19)(H2,14,20,21). The molecular weight excluding hydrogens is 338 g/mol. The summed E-state index contributed by atoms with van der Waals surface area (Å²) in [6.45, 7) is 0. The highest BCUT2D eigenvalue weighted by Crippen LogP contribution is 2.20. The summed E-state index contributed by atoms with van der Waals surface area (Å²) < 4.78 is 24.0. The zero-order chi connectivity index (χ0) is 16.4. The number of sulfonamides is 1. The molecule has 8 nitrogen and oxygen atoms in total. The van der Waals surface area contributed by atoms with Crippen LogP contribution in [-0.4, -0.2) is 29.1 Å². The normalized spacial score (nSPS) is 11.3. The van der Waals surface area contributed by atoms with Crippen molar-refractivity contribution < 1.29 is 13.2 Å². The molecular formula is C13H11N5O3S2. The average molecular weight is 349 g/mol. The first-order valence-electron chi connectivity index (χ1n) is 6.32. The van der Waals surface area contributed by atoms with Gasteiger partial charge in [-0.05, 0) is 24.3 Å². The Morgan fingerprint density at radius 2 is 2.17 bits per heavy atom. The average Bonchev–Trinajstić information content (AvgIpc) is 3.19. The smallest absolute Gasteiger partial charge is 0.256 e. The quantitative estimate of drug-likeness (QED) is 0.734. The SMILES string of the molecule is NS(=O)(=O)c1cc(C(=O)Nc2ccc(-n3cccn3)nc2)cs1. The molecule has 0 saturated heterocycles. The van der Waals surface area contributed by atoms with Gasteiger partial charge in [0.1, 0.15) is 4.21 Å². The minimum absolute atomic E-state index is 0.0604. The molecule has 1 amide bonds. The zero-order valence-electron chi connectivity index (χ0n) is 11.6. The van der Waals surface area contributed by atoms with Crippen molar-refractivity contribution in [3.63, 3.8) is 0 Å². The van der Waals surface area contributed by atoms with Gasteiger partial charge >= 0.3 is 0 Å². The molecule has 3 heterocycles. The second-order valence-electron chi connectivity index (χ2n) is 4.51. The molecule has 3 rings (SSSR count). The van der Waals surface area contributed by atoms with Gasteiger partial charge in [0.15, 0.2) is 5.82 Å². The van der Waals surface area contributed by atoms with Crippen LogP contribution in [0.25, 0.3) is 5.82 Å². The molecule has 0 spiro atoms. The predicted octanol–water partition coefficient (Wildman–Crippen LogP) is 1.23. The van der Waals surface area contributed by atoms with Crippen LogP contribution >= 0.6 is 11.3 Å². The highest BCUT2D eigenvalue weighted by Gasteiger charge is 2.15. The Labute approximate surface area is 135 Å². The van der Waals surface area contributed by atoms with Crippen molar-refractivity contribution in [2.45, 2.75) is 4.21 Å². The number of carbonyl (C=O) groups is 1. The first kappa shape index (κ1) is 15.3. The predicted molar refractivity (Wildman–Crippen MR) is 85.0 cm³/mol. The van der Waals surface area contributed by atoms with E-state index < -0.39 is 15.9 Å². The van der Waals surface area contributed by atoms with Gasteiger partial charge in [-0.2, -0.15) is 5.10 Å². The molecule has 23 heavy (non-hydrogen) atoms. The highest BCUT2D eigenvalue weighted by molar-refractivity contribution is 7.91. The summed E-state index contributed by atoms with van der Waals surface area (Å²) in [5, 5.41) is 13.1. The van der Waals surface area contributed by atoms with Gasteiger partial charge in [0, 0.05) is 17.8 Å². The lowest BCUT2D eigenvalue weighted by Gasteiger charge is -2.05. The number of pyridine rings is 1. The summed E-state index contributed by atoms with van der Waals surface area (Å²) in [4.78, 5) is 16.3. The number of thiophene rings is 1. The van der Waals surface area contributed by atoms with Crippen molar-refractivity contribution in [3.05, 3.63) is 53.8 Å². The van der Waals surface area contributed by atoms with Crippen LogP contribution in [-0.2, 0) is 10.0 Å². The maximum atomic E-state index is 12.1. The Balaban J connectivity index is 1.74. The third-order valence-corrected chi connectivity index (χ3v) is 5.25. The molecule has 0 bridgehead atoms. The number of nitrogens with two attached hydrogens (primary N) is 1. The van der Waals surface area contributed by atoms with Crippen molar-refractivity contribution >= 4 is 33.0 Å². The summed E-state index contributed by atoms with van der Waals surface area (Å²) >= 11 is 0.895. The number of nitrogens with zero attached hydrogens (tertiary/aromatic N) is 3. The number of hydrogen-bond acceptors (Lipinski definition) is 6. The number of carbonyl (C=O) groups excluding carboxylic acids is 1. The summed E-state index contributed by atoms with van der Waals surface area (Å²) in [5.74, 6) is 0.171. The lowest BCUT2D eigenvalue weighted by Crippen LogP contribution is -2.13. The zero-order valence-corrected chi connectivity index (χ0v) is 13.2. The first-order valence-corrected chi connectivity index (χ1v) is 8.75. The summed E-state index contributed by atoms with van der Waals surface area (Å²) in [6.07, 6.45) is 4.87. The number of amides is 1. The van der Waals surface area contributed by atoms with E-state index in [-0.39, 0.29) is 9.77 Å². The molecule has 0 saturated carbocycles. The molecule has 118 valence electrons. The van der Waals surface area contributed by atoms with Crippen molar-refractivity contribution in [1.82, 2.24) is 14.8 Å². The molecule has 0 aliphatic heterocycles. The molecule has 0 fully saturated rings. The maximum Gasteiger partial charge on any atom is 0.256 e.